The van der Waals surface area contributed by atoms with Gasteiger partial charge in [0.1, 0.15) is 5.76 Å². The summed E-state index contributed by atoms with van der Waals surface area (Å²) in [4.78, 5) is 12.0. The number of aryl methyl sites for hydroxylation is 1. The molecule has 1 aromatic heterocycles. The van der Waals surface area contributed by atoms with E-state index in [-0.39, 0.29) is 11.2 Å². The summed E-state index contributed by atoms with van der Waals surface area (Å²) in [6.45, 7) is 4.02. The molecule has 1 aliphatic rings. The molecule has 2 heteroatoms. The Kier molecular flexibility index (Phi) is 1.79. The fourth-order valence-electron chi connectivity index (χ4n) is 1.91. The summed E-state index contributed by atoms with van der Waals surface area (Å²) in [6, 6.07) is 1.80. The Bertz CT molecular complexity index is 334. The van der Waals surface area contributed by atoms with Crippen LogP contribution in [0.15, 0.2) is 16.7 Å². The van der Waals surface area contributed by atoms with Crippen molar-refractivity contribution in [1.29, 1.82) is 0 Å². The summed E-state index contributed by atoms with van der Waals surface area (Å²) < 4.78 is 5.28. The van der Waals surface area contributed by atoms with Gasteiger partial charge < -0.3 is 4.42 Å². The van der Waals surface area contributed by atoms with Crippen LogP contribution >= 0.6 is 0 Å². The van der Waals surface area contributed by atoms with Crippen LogP contribution in [0.2, 0.25) is 0 Å². The second kappa shape index (κ2) is 2.72. The number of rotatable bonds is 0. The average Bonchev–Trinajstić information content (AvgIpc) is 2.47. The van der Waals surface area contributed by atoms with Gasteiger partial charge >= 0.3 is 0 Å². The van der Waals surface area contributed by atoms with Gasteiger partial charge in [-0.1, -0.05) is 13.8 Å². The van der Waals surface area contributed by atoms with Gasteiger partial charge in [0.05, 0.1) is 11.8 Å². The van der Waals surface area contributed by atoms with Crippen LogP contribution in [0.3, 0.4) is 0 Å². The maximum Gasteiger partial charge on any atom is 0.171 e. The fraction of sp³-hybridized carbons (Fsp3) is 0.545. The zero-order valence-electron chi connectivity index (χ0n) is 8.09. The first-order valence-electron chi connectivity index (χ1n) is 4.72. The van der Waals surface area contributed by atoms with Crippen LogP contribution in [-0.2, 0) is 6.42 Å². The Morgan fingerprint density at radius 2 is 2.23 bits per heavy atom. The lowest BCUT2D eigenvalue weighted by atomic mass is 9.82. The van der Waals surface area contributed by atoms with Crippen molar-refractivity contribution < 1.29 is 9.21 Å². The first-order valence-corrected chi connectivity index (χ1v) is 4.72. The minimum absolute atomic E-state index is 0.213. The van der Waals surface area contributed by atoms with Gasteiger partial charge in [0, 0.05) is 11.8 Å². The zero-order chi connectivity index (χ0) is 9.47. The summed E-state index contributed by atoms with van der Waals surface area (Å²) in [5, 5.41) is 0. The largest absolute Gasteiger partial charge is 0.469 e. The molecule has 0 fully saturated rings. The Labute approximate surface area is 77.9 Å². The van der Waals surface area contributed by atoms with E-state index < -0.39 is 0 Å². The molecule has 1 heterocycles. The van der Waals surface area contributed by atoms with Gasteiger partial charge in [-0.15, -0.1) is 0 Å². The topological polar surface area (TPSA) is 30.2 Å². The summed E-state index contributed by atoms with van der Waals surface area (Å²) >= 11 is 0. The van der Waals surface area contributed by atoms with Gasteiger partial charge in [-0.3, -0.25) is 4.79 Å². The highest BCUT2D eigenvalue weighted by atomic mass is 16.3. The number of carbonyl (C=O) groups is 1. The molecule has 0 unspecified atom stereocenters. The molecule has 0 radical (unpaired) electrons. The van der Waals surface area contributed by atoms with Gasteiger partial charge in [-0.2, -0.15) is 0 Å². The number of carbonyl (C=O) groups excluding carboxylic acids is 1. The number of Topliss-reactive ketones (excluding diaryl/α,β-unsaturated/α-hetero) is 1. The predicted molar refractivity (Wildman–Crippen MR) is 49.8 cm³/mol. The van der Waals surface area contributed by atoms with Crippen molar-refractivity contribution in [2.45, 2.75) is 33.1 Å². The van der Waals surface area contributed by atoms with Crippen molar-refractivity contribution in [3.05, 3.63) is 23.7 Å². The van der Waals surface area contributed by atoms with Gasteiger partial charge in [0.15, 0.2) is 5.78 Å². The first kappa shape index (κ1) is 8.54. The van der Waals surface area contributed by atoms with E-state index >= 15 is 0 Å². The Morgan fingerprint density at radius 3 is 3.00 bits per heavy atom. The van der Waals surface area contributed by atoms with Gasteiger partial charge in [-0.05, 0) is 18.9 Å². The van der Waals surface area contributed by atoms with E-state index in [1.807, 2.05) is 13.8 Å². The summed E-state index contributed by atoms with van der Waals surface area (Å²) in [5.74, 6) is 1.10. The number of hydrogen-bond donors (Lipinski definition) is 0. The molecule has 0 amide bonds. The highest BCUT2D eigenvalue weighted by Gasteiger charge is 2.33. The molecule has 2 rings (SSSR count). The van der Waals surface area contributed by atoms with Crippen LogP contribution in [-0.4, -0.2) is 5.78 Å². The molecule has 0 atom stereocenters. The van der Waals surface area contributed by atoms with Crippen LogP contribution in [0.5, 0.6) is 0 Å². The van der Waals surface area contributed by atoms with Crippen LogP contribution in [0.1, 0.15) is 42.8 Å². The average molecular weight is 178 g/mol. The first-order chi connectivity index (χ1) is 6.11. The van der Waals surface area contributed by atoms with Crippen molar-refractivity contribution >= 4 is 5.78 Å². The van der Waals surface area contributed by atoms with Crippen molar-refractivity contribution in [1.82, 2.24) is 0 Å². The van der Waals surface area contributed by atoms with Crippen molar-refractivity contribution in [3.63, 3.8) is 0 Å². The van der Waals surface area contributed by atoms with Gasteiger partial charge in [0.25, 0.3) is 0 Å². The van der Waals surface area contributed by atoms with Crippen molar-refractivity contribution in [3.8, 4) is 0 Å². The molecular weight excluding hydrogens is 164 g/mol. The minimum Gasteiger partial charge on any atom is -0.469 e. The van der Waals surface area contributed by atoms with E-state index in [4.69, 9.17) is 4.42 Å². The third kappa shape index (κ3) is 1.30. The molecule has 0 spiro atoms. The summed E-state index contributed by atoms with van der Waals surface area (Å²) in [6.07, 6.45) is 4.51. The normalized spacial score (nSPS) is 20.9. The predicted octanol–water partition coefficient (Wildman–Crippen LogP) is 2.82. The maximum absolute atomic E-state index is 12.0. The SMILES string of the molecule is CC1(C)CCCc2occc2C1=O. The number of hydrogen-bond acceptors (Lipinski definition) is 2. The quantitative estimate of drug-likeness (QED) is 0.572. The fourth-order valence-corrected chi connectivity index (χ4v) is 1.91. The molecule has 0 bridgehead atoms. The molecule has 13 heavy (non-hydrogen) atoms. The smallest absolute Gasteiger partial charge is 0.171 e. The Balaban J connectivity index is 2.47. The highest BCUT2D eigenvalue weighted by molar-refractivity contribution is 6.01. The highest BCUT2D eigenvalue weighted by Crippen LogP contribution is 2.33. The van der Waals surface area contributed by atoms with E-state index in [1.54, 1.807) is 12.3 Å². The third-order valence-corrected chi connectivity index (χ3v) is 2.81. The van der Waals surface area contributed by atoms with Crippen molar-refractivity contribution in [2.75, 3.05) is 0 Å². The molecule has 0 N–H and O–H groups in total. The lowest BCUT2D eigenvalue weighted by Crippen LogP contribution is -2.22. The molecule has 0 saturated carbocycles. The molecule has 70 valence electrons. The molecule has 0 saturated heterocycles. The summed E-state index contributed by atoms with van der Waals surface area (Å²) in [7, 11) is 0. The molecule has 2 nitrogen and oxygen atoms in total. The van der Waals surface area contributed by atoms with E-state index in [2.05, 4.69) is 0 Å². The monoisotopic (exact) mass is 178 g/mol. The van der Waals surface area contributed by atoms with Crippen LogP contribution in [0.25, 0.3) is 0 Å². The second-order valence-electron chi connectivity index (χ2n) is 4.32. The second-order valence-corrected chi connectivity index (χ2v) is 4.32. The lowest BCUT2D eigenvalue weighted by molar-refractivity contribution is 0.0830. The Hall–Kier alpha value is -1.05. The molecule has 1 aliphatic carbocycles. The lowest BCUT2D eigenvalue weighted by Gasteiger charge is -2.19. The van der Waals surface area contributed by atoms with Crippen LogP contribution < -0.4 is 0 Å². The van der Waals surface area contributed by atoms with E-state index in [0.29, 0.717) is 0 Å². The maximum atomic E-state index is 12.0. The Morgan fingerprint density at radius 1 is 1.46 bits per heavy atom. The molecule has 0 aromatic carbocycles. The number of fused-ring (bicyclic) bond motifs is 1. The zero-order valence-corrected chi connectivity index (χ0v) is 8.09. The van der Waals surface area contributed by atoms with E-state index in [9.17, 15) is 4.79 Å². The van der Waals surface area contributed by atoms with Crippen molar-refractivity contribution in [2.24, 2.45) is 5.41 Å². The summed E-state index contributed by atoms with van der Waals surface area (Å²) in [5.41, 5.74) is 0.581. The van der Waals surface area contributed by atoms with Crippen LogP contribution in [0, 0.1) is 5.41 Å². The van der Waals surface area contributed by atoms with Crippen LogP contribution in [0.4, 0.5) is 0 Å². The molecule has 0 aliphatic heterocycles. The molecule has 1 aromatic rings. The third-order valence-electron chi connectivity index (χ3n) is 2.81. The van der Waals surface area contributed by atoms with Gasteiger partial charge in [0.2, 0.25) is 0 Å². The van der Waals surface area contributed by atoms with Gasteiger partial charge in [-0.25, -0.2) is 0 Å². The minimum atomic E-state index is -0.213. The van der Waals surface area contributed by atoms with E-state index in [0.717, 1.165) is 30.6 Å². The molecular formula is C11H14O2. The number of ketones is 1. The number of furan rings is 1. The van der Waals surface area contributed by atoms with E-state index in [1.165, 1.54) is 0 Å². The standard InChI is InChI=1S/C11H14O2/c1-11(2)6-3-4-9-8(10(11)12)5-7-13-9/h5,7H,3-4,6H2,1-2H3.